The molecule has 0 saturated heterocycles. The lowest BCUT2D eigenvalue weighted by Crippen LogP contribution is -1.95. The fourth-order valence-corrected chi connectivity index (χ4v) is 1.14. The van der Waals surface area contributed by atoms with E-state index in [0.717, 1.165) is 0 Å². The normalized spacial score (nSPS) is 10.6. The molecular formula is C8H9BrFN. The monoisotopic (exact) mass is 217 g/mol. The van der Waals surface area contributed by atoms with Gasteiger partial charge in [-0.2, -0.15) is 4.39 Å². The van der Waals surface area contributed by atoms with Gasteiger partial charge in [0.15, 0.2) is 0 Å². The Morgan fingerprint density at radius 2 is 2.09 bits per heavy atom. The van der Waals surface area contributed by atoms with Gasteiger partial charge in [0.1, 0.15) is 4.60 Å². The van der Waals surface area contributed by atoms with E-state index in [-0.39, 0.29) is 11.9 Å². The van der Waals surface area contributed by atoms with Crippen LogP contribution < -0.4 is 0 Å². The van der Waals surface area contributed by atoms with Gasteiger partial charge in [0, 0.05) is 5.56 Å². The zero-order chi connectivity index (χ0) is 8.43. The van der Waals surface area contributed by atoms with Crippen LogP contribution in [0.4, 0.5) is 4.39 Å². The number of hydrogen-bond acceptors (Lipinski definition) is 1. The molecule has 0 atom stereocenters. The maximum absolute atomic E-state index is 13.0. The molecule has 0 unspecified atom stereocenters. The molecule has 1 nitrogen and oxygen atoms in total. The Balaban J connectivity index is 3.09. The number of aromatic nitrogens is 1. The van der Waals surface area contributed by atoms with Crippen LogP contribution in [0.2, 0.25) is 0 Å². The van der Waals surface area contributed by atoms with Gasteiger partial charge in [-0.3, -0.25) is 0 Å². The zero-order valence-electron chi connectivity index (χ0n) is 6.44. The van der Waals surface area contributed by atoms with Crippen molar-refractivity contribution in [2.75, 3.05) is 0 Å². The number of halogens is 2. The highest BCUT2D eigenvalue weighted by Crippen LogP contribution is 2.18. The summed E-state index contributed by atoms with van der Waals surface area (Å²) < 4.78 is 13.5. The van der Waals surface area contributed by atoms with Crippen LogP contribution in [0.1, 0.15) is 25.3 Å². The molecule has 1 aromatic heterocycles. The first kappa shape index (κ1) is 8.65. The Morgan fingerprint density at radius 3 is 2.55 bits per heavy atom. The Bertz CT molecular complexity index is 260. The van der Waals surface area contributed by atoms with Gasteiger partial charge in [0.2, 0.25) is 5.95 Å². The number of pyridine rings is 1. The first-order valence-corrected chi connectivity index (χ1v) is 4.22. The van der Waals surface area contributed by atoms with Crippen LogP contribution in [-0.4, -0.2) is 4.98 Å². The molecular weight excluding hydrogens is 209 g/mol. The fraction of sp³-hybridized carbons (Fsp3) is 0.375. The van der Waals surface area contributed by atoms with Crippen molar-refractivity contribution >= 4 is 15.9 Å². The molecule has 0 saturated carbocycles. The third kappa shape index (κ3) is 1.99. The van der Waals surface area contributed by atoms with Crippen molar-refractivity contribution in [2.24, 2.45) is 0 Å². The molecule has 0 radical (unpaired) electrons. The number of nitrogens with zero attached hydrogens (tertiary/aromatic N) is 1. The van der Waals surface area contributed by atoms with Crippen LogP contribution in [0.3, 0.4) is 0 Å². The molecule has 60 valence electrons. The van der Waals surface area contributed by atoms with E-state index in [1.807, 2.05) is 13.8 Å². The molecule has 0 aromatic carbocycles. The molecule has 0 fully saturated rings. The summed E-state index contributed by atoms with van der Waals surface area (Å²) in [7, 11) is 0. The topological polar surface area (TPSA) is 12.9 Å². The average molecular weight is 218 g/mol. The highest BCUT2D eigenvalue weighted by molar-refractivity contribution is 9.10. The third-order valence-corrected chi connectivity index (χ3v) is 1.91. The maximum Gasteiger partial charge on any atom is 0.217 e. The molecule has 1 rings (SSSR count). The minimum absolute atomic E-state index is 0.190. The van der Waals surface area contributed by atoms with E-state index in [2.05, 4.69) is 20.9 Å². The van der Waals surface area contributed by atoms with Crippen LogP contribution in [-0.2, 0) is 0 Å². The second-order valence-corrected chi connectivity index (χ2v) is 3.48. The van der Waals surface area contributed by atoms with Gasteiger partial charge in [-0.25, -0.2) is 4.98 Å². The predicted octanol–water partition coefficient (Wildman–Crippen LogP) is 3.11. The SMILES string of the molecule is CC(C)c1ccc(Br)nc1F. The van der Waals surface area contributed by atoms with Gasteiger partial charge >= 0.3 is 0 Å². The Hall–Kier alpha value is -0.440. The first-order valence-electron chi connectivity index (χ1n) is 3.43. The van der Waals surface area contributed by atoms with E-state index < -0.39 is 0 Å². The van der Waals surface area contributed by atoms with E-state index in [9.17, 15) is 4.39 Å². The number of hydrogen-bond donors (Lipinski definition) is 0. The molecule has 3 heteroatoms. The summed E-state index contributed by atoms with van der Waals surface area (Å²) >= 11 is 3.09. The molecule has 11 heavy (non-hydrogen) atoms. The lowest BCUT2D eigenvalue weighted by molar-refractivity contribution is 0.554. The molecule has 0 amide bonds. The van der Waals surface area contributed by atoms with E-state index in [4.69, 9.17) is 0 Å². The molecule has 0 aliphatic rings. The lowest BCUT2D eigenvalue weighted by atomic mass is 10.1. The molecule has 1 aromatic rings. The molecule has 0 N–H and O–H groups in total. The van der Waals surface area contributed by atoms with Crippen LogP contribution in [0.5, 0.6) is 0 Å². The second-order valence-electron chi connectivity index (χ2n) is 2.67. The van der Waals surface area contributed by atoms with Crippen molar-refractivity contribution in [3.05, 3.63) is 28.2 Å². The van der Waals surface area contributed by atoms with Gasteiger partial charge < -0.3 is 0 Å². The quantitative estimate of drug-likeness (QED) is 0.660. The van der Waals surface area contributed by atoms with Crippen molar-refractivity contribution in [1.82, 2.24) is 4.98 Å². The van der Waals surface area contributed by atoms with Crippen LogP contribution in [0, 0.1) is 5.95 Å². The van der Waals surface area contributed by atoms with Gasteiger partial charge in [0.05, 0.1) is 0 Å². The molecule has 1 heterocycles. The van der Waals surface area contributed by atoms with Crippen molar-refractivity contribution in [3.63, 3.8) is 0 Å². The van der Waals surface area contributed by atoms with Crippen molar-refractivity contribution < 1.29 is 4.39 Å². The molecule has 0 bridgehead atoms. The number of rotatable bonds is 1. The summed E-state index contributed by atoms with van der Waals surface area (Å²) in [5, 5.41) is 0. The van der Waals surface area contributed by atoms with E-state index in [1.54, 1.807) is 12.1 Å². The van der Waals surface area contributed by atoms with Gasteiger partial charge in [0.25, 0.3) is 0 Å². The van der Waals surface area contributed by atoms with Crippen molar-refractivity contribution in [2.45, 2.75) is 19.8 Å². The largest absolute Gasteiger partial charge is 0.217 e. The van der Waals surface area contributed by atoms with E-state index >= 15 is 0 Å². The zero-order valence-corrected chi connectivity index (χ0v) is 8.02. The highest BCUT2D eigenvalue weighted by atomic mass is 79.9. The Morgan fingerprint density at radius 1 is 1.45 bits per heavy atom. The van der Waals surface area contributed by atoms with E-state index in [1.165, 1.54) is 0 Å². The van der Waals surface area contributed by atoms with Gasteiger partial charge in [-0.1, -0.05) is 19.9 Å². The standard InChI is InChI=1S/C8H9BrFN/c1-5(2)6-3-4-7(9)11-8(6)10/h3-5H,1-2H3. The van der Waals surface area contributed by atoms with Crippen LogP contribution in [0.25, 0.3) is 0 Å². The summed E-state index contributed by atoms with van der Waals surface area (Å²) in [4.78, 5) is 3.64. The first-order chi connectivity index (χ1) is 5.11. The third-order valence-electron chi connectivity index (χ3n) is 1.47. The summed E-state index contributed by atoms with van der Waals surface area (Å²) in [6, 6.07) is 3.50. The van der Waals surface area contributed by atoms with Crippen LogP contribution in [0.15, 0.2) is 16.7 Å². The Kier molecular flexibility index (Phi) is 2.60. The van der Waals surface area contributed by atoms with Crippen LogP contribution >= 0.6 is 15.9 Å². The second kappa shape index (κ2) is 3.30. The summed E-state index contributed by atoms with van der Waals surface area (Å²) in [5.74, 6) is -0.190. The smallest absolute Gasteiger partial charge is 0.212 e. The lowest BCUT2D eigenvalue weighted by Gasteiger charge is -2.04. The minimum Gasteiger partial charge on any atom is -0.212 e. The van der Waals surface area contributed by atoms with Gasteiger partial charge in [-0.15, -0.1) is 0 Å². The fourth-order valence-electron chi connectivity index (χ4n) is 0.854. The summed E-state index contributed by atoms with van der Waals surface area (Å²) in [5.41, 5.74) is 0.660. The van der Waals surface area contributed by atoms with Crippen molar-refractivity contribution in [1.29, 1.82) is 0 Å². The van der Waals surface area contributed by atoms with Crippen molar-refractivity contribution in [3.8, 4) is 0 Å². The minimum atomic E-state index is -0.380. The van der Waals surface area contributed by atoms with Gasteiger partial charge in [-0.05, 0) is 27.9 Å². The Labute approximate surface area is 73.8 Å². The summed E-state index contributed by atoms with van der Waals surface area (Å²) in [6.45, 7) is 3.88. The maximum atomic E-state index is 13.0. The molecule has 0 aliphatic carbocycles. The molecule has 0 aliphatic heterocycles. The molecule has 0 spiro atoms. The average Bonchev–Trinajstić information content (AvgIpc) is 1.85. The predicted molar refractivity (Wildman–Crippen MR) is 46.0 cm³/mol. The highest BCUT2D eigenvalue weighted by Gasteiger charge is 2.06. The summed E-state index contributed by atoms with van der Waals surface area (Å²) in [6.07, 6.45) is 0. The van der Waals surface area contributed by atoms with E-state index in [0.29, 0.717) is 10.2 Å².